The first kappa shape index (κ1) is 20.6. The van der Waals surface area contributed by atoms with Gasteiger partial charge in [0, 0.05) is 24.2 Å². The molecule has 3 aromatic heterocycles. The molecule has 0 aliphatic rings. The molecule has 0 fully saturated rings. The van der Waals surface area contributed by atoms with Crippen molar-refractivity contribution < 1.29 is 4.79 Å². The molecule has 0 aromatic carbocycles. The zero-order chi connectivity index (χ0) is 20.3. The van der Waals surface area contributed by atoms with Crippen LogP contribution in [-0.4, -0.2) is 37.5 Å². The molecule has 9 heteroatoms. The number of thioether (sulfide) groups is 1. The lowest BCUT2D eigenvalue weighted by molar-refractivity contribution is -0.120. The highest BCUT2D eigenvalue weighted by Gasteiger charge is 2.15. The second-order valence-corrected chi connectivity index (χ2v) is 9.39. The van der Waals surface area contributed by atoms with Crippen LogP contribution in [0, 0.1) is 20.8 Å². The SMILES string of the molecule is Cc1cnn(CCCNC(=O)C(C)SCc2nc3sc(C)c(C)c3c(=O)[nH]2)c1. The highest BCUT2D eigenvalue weighted by Crippen LogP contribution is 2.26. The summed E-state index contributed by atoms with van der Waals surface area (Å²) in [4.78, 5) is 33.9. The summed E-state index contributed by atoms with van der Waals surface area (Å²) in [6.07, 6.45) is 4.64. The molecule has 0 bridgehead atoms. The molecule has 1 atom stereocenters. The Morgan fingerprint density at radius 2 is 2.18 bits per heavy atom. The van der Waals surface area contributed by atoms with E-state index in [9.17, 15) is 9.59 Å². The maximum atomic E-state index is 12.3. The summed E-state index contributed by atoms with van der Waals surface area (Å²) in [6.45, 7) is 9.20. The summed E-state index contributed by atoms with van der Waals surface area (Å²) < 4.78 is 1.88. The van der Waals surface area contributed by atoms with Crippen LogP contribution in [0.25, 0.3) is 10.2 Å². The van der Waals surface area contributed by atoms with E-state index in [1.165, 1.54) is 23.1 Å². The van der Waals surface area contributed by atoms with Crippen molar-refractivity contribution in [2.45, 2.75) is 51.7 Å². The van der Waals surface area contributed by atoms with Crippen LogP contribution in [0.1, 0.15) is 35.2 Å². The van der Waals surface area contributed by atoms with Crippen LogP contribution in [0.4, 0.5) is 0 Å². The van der Waals surface area contributed by atoms with E-state index in [0.717, 1.165) is 33.8 Å². The van der Waals surface area contributed by atoms with Gasteiger partial charge in [-0.25, -0.2) is 4.98 Å². The van der Waals surface area contributed by atoms with E-state index < -0.39 is 0 Å². The number of nitrogens with one attached hydrogen (secondary N) is 2. The maximum absolute atomic E-state index is 12.3. The minimum atomic E-state index is -0.222. The largest absolute Gasteiger partial charge is 0.355 e. The average Bonchev–Trinajstić information content (AvgIpc) is 3.19. The number of aromatic amines is 1. The molecule has 28 heavy (non-hydrogen) atoms. The standard InChI is InChI=1S/C19H25N5O2S2/c1-11-8-21-24(9-11)7-5-6-20-17(25)14(4)27-10-15-22-18(26)16-12(2)13(3)28-19(16)23-15/h8-9,14H,5-7,10H2,1-4H3,(H,20,25)(H,22,23,26). The van der Waals surface area contributed by atoms with Crippen molar-refractivity contribution in [1.29, 1.82) is 0 Å². The molecule has 0 saturated carbocycles. The number of aryl methyl sites for hydroxylation is 4. The van der Waals surface area contributed by atoms with Gasteiger partial charge in [-0.2, -0.15) is 5.10 Å². The van der Waals surface area contributed by atoms with Crippen molar-refractivity contribution in [3.8, 4) is 0 Å². The molecule has 3 aromatic rings. The molecule has 1 amide bonds. The fraction of sp³-hybridized carbons (Fsp3) is 0.474. The molecule has 0 aliphatic carbocycles. The molecule has 150 valence electrons. The van der Waals surface area contributed by atoms with Gasteiger partial charge in [0.15, 0.2) is 0 Å². The van der Waals surface area contributed by atoms with Crippen molar-refractivity contribution in [2.24, 2.45) is 0 Å². The Bertz CT molecular complexity index is 1040. The molecule has 0 radical (unpaired) electrons. The van der Waals surface area contributed by atoms with Gasteiger partial charge in [0.1, 0.15) is 10.7 Å². The number of amides is 1. The van der Waals surface area contributed by atoms with Crippen molar-refractivity contribution in [2.75, 3.05) is 6.54 Å². The number of carbonyl (C=O) groups is 1. The van der Waals surface area contributed by atoms with Crippen LogP contribution in [-0.2, 0) is 17.1 Å². The monoisotopic (exact) mass is 419 g/mol. The van der Waals surface area contributed by atoms with E-state index in [1.807, 2.05) is 44.8 Å². The topological polar surface area (TPSA) is 92.7 Å². The Labute approximate surface area is 172 Å². The third-order valence-electron chi connectivity index (χ3n) is 4.55. The van der Waals surface area contributed by atoms with Crippen molar-refractivity contribution in [3.63, 3.8) is 0 Å². The van der Waals surface area contributed by atoms with E-state index in [2.05, 4.69) is 20.4 Å². The van der Waals surface area contributed by atoms with E-state index in [4.69, 9.17) is 0 Å². The molecular weight excluding hydrogens is 394 g/mol. The molecule has 0 saturated heterocycles. The van der Waals surface area contributed by atoms with Crippen molar-refractivity contribution in [1.82, 2.24) is 25.1 Å². The van der Waals surface area contributed by atoms with Gasteiger partial charge >= 0.3 is 0 Å². The Hall–Kier alpha value is -2.13. The normalized spacial score (nSPS) is 12.4. The summed E-state index contributed by atoms with van der Waals surface area (Å²) in [6, 6.07) is 0. The summed E-state index contributed by atoms with van der Waals surface area (Å²) >= 11 is 3.00. The van der Waals surface area contributed by atoms with Gasteiger partial charge in [-0.1, -0.05) is 0 Å². The van der Waals surface area contributed by atoms with E-state index in [0.29, 0.717) is 23.5 Å². The van der Waals surface area contributed by atoms with Crippen LogP contribution in [0.2, 0.25) is 0 Å². The molecule has 3 rings (SSSR count). The Balaban J connectivity index is 1.48. The maximum Gasteiger partial charge on any atom is 0.259 e. The number of aromatic nitrogens is 4. The van der Waals surface area contributed by atoms with E-state index >= 15 is 0 Å². The zero-order valence-electron chi connectivity index (χ0n) is 16.5. The van der Waals surface area contributed by atoms with Crippen molar-refractivity contribution >= 4 is 39.2 Å². The smallest absolute Gasteiger partial charge is 0.259 e. The minimum absolute atomic E-state index is 0.00659. The lowest BCUT2D eigenvalue weighted by Gasteiger charge is -2.11. The van der Waals surface area contributed by atoms with Crippen LogP contribution < -0.4 is 10.9 Å². The summed E-state index contributed by atoms with van der Waals surface area (Å²) in [5.74, 6) is 1.09. The number of carbonyl (C=O) groups excluding carboxylic acids is 1. The molecular formula is C19H25N5O2S2. The molecule has 1 unspecified atom stereocenters. The summed E-state index contributed by atoms with van der Waals surface area (Å²) in [5.41, 5.74) is 2.02. The number of rotatable bonds is 8. The Morgan fingerprint density at radius 1 is 1.39 bits per heavy atom. The number of hydrogen-bond donors (Lipinski definition) is 2. The van der Waals surface area contributed by atoms with Crippen molar-refractivity contribution in [3.05, 3.63) is 44.6 Å². The van der Waals surface area contributed by atoms with Gasteiger partial charge in [-0.15, -0.1) is 23.1 Å². The van der Waals surface area contributed by atoms with E-state index in [-0.39, 0.29) is 16.7 Å². The van der Waals surface area contributed by atoms with Crippen LogP contribution in [0.15, 0.2) is 17.2 Å². The molecule has 7 nitrogen and oxygen atoms in total. The second kappa shape index (κ2) is 8.91. The van der Waals surface area contributed by atoms with Gasteiger partial charge in [-0.05, 0) is 45.2 Å². The third-order valence-corrected chi connectivity index (χ3v) is 6.81. The number of H-pyrrole nitrogens is 1. The number of nitrogens with zero attached hydrogens (tertiary/aromatic N) is 3. The number of hydrogen-bond acceptors (Lipinski definition) is 6. The Kier molecular flexibility index (Phi) is 6.56. The highest BCUT2D eigenvalue weighted by molar-refractivity contribution is 7.99. The molecule has 0 spiro atoms. The number of thiophene rings is 1. The van der Waals surface area contributed by atoms with Gasteiger partial charge in [0.25, 0.3) is 5.56 Å². The molecule has 0 aliphatic heterocycles. The third kappa shape index (κ3) is 4.82. The van der Waals surface area contributed by atoms with Crippen LogP contribution in [0.3, 0.4) is 0 Å². The fourth-order valence-corrected chi connectivity index (χ4v) is 4.66. The summed E-state index contributed by atoms with van der Waals surface area (Å²) in [7, 11) is 0. The van der Waals surface area contributed by atoms with Gasteiger partial charge in [0.2, 0.25) is 5.91 Å². The Morgan fingerprint density at radius 3 is 2.89 bits per heavy atom. The quantitative estimate of drug-likeness (QED) is 0.548. The lowest BCUT2D eigenvalue weighted by atomic mass is 10.2. The lowest BCUT2D eigenvalue weighted by Crippen LogP contribution is -2.32. The van der Waals surface area contributed by atoms with Crippen LogP contribution >= 0.6 is 23.1 Å². The fourth-order valence-electron chi connectivity index (χ4n) is 2.83. The van der Waals surface area contributed by atoms with Gasteiger partial charge in [-0.3, -0.25) is 14.3 Å². The predicted molar refractivity (Wildman–Crippen MR) is 115 cm³/mol. The molecule has 2 N–H and O–H groups in total. The first-order valence-corrected chi connectivity index (χ1v) is 11.1. The van der Waals surface area contributed by atoms with Gasteiger partial charge in [0.05, 0.1) is 22.6 Å². The number of fused-ring (bicyclic) bond motifs is 1. The first-order valence-electron chi connectivity index (χ1n) is 9.22. The van der Waals surface area contributed by atoms with E-state index in [1.54, 1.807) is 0 Å². The highest BCUT2D eigenvalue weighted by atomic mass is 32.2. The molecule has 3 heterocycles. The summed E-state index contributed by atoms with van der Waals surface area (Å²) in [5, 5.41) is 7.64. The van der Waals surface area contributed by atoms with Gasteiger partial charge < -0.3 is 10.3 Å². The average molecular weight is 420 g/mol. The minimum Gasteiger partial charge on any atom is -0.355 e. The zero-order valence-corrected chi connectivity index (χ0v) is 18.2. The van der Waals surface area contributed by atoms with Crippen LogP contribution in [0.5, 0.6) is 0 Å². The predicted octanol–water partition coefficient (Wildman–Crippen LogP) is 2.93. The first-order chi connectivity index (χ1) is 13.3. The second-order valence-electron chi connectivity index (χ2n) is 6.85.